The number of carbonyl (C=O) groups excluding carboxylic acids is 1. The minimum atomic E-state index is -1.01. The average Bonchev–Trinajstić information content (AvgIpc) is 2.81. The Labute approximate surface area is 189 Å². The van der Waals surface area contributed by atoms with E-state index in [2.05, 4.69) is 0 Å². The SMILES string of the molecule is CCOC(=O)C[C@@H](O)C[C@H](O)COC(c1ccccc1)(c1ccccc1)c1ccccc1. The van der Waals surface area contributed by atoms with Crippen LogP contribution in [0.4, 0.5) is 0 Å². The number of aliphatic hydroxyl groups excluding tert-OH is 2. The van der Waals surface area contributed by atoms with Gasteiger partial charge in [0.25, 0.3) is 0 Å². The molecule has 3 aromatic carbocycles. The number of benzene rings is 3. The zero-order valence-electron chi connectivity index (χ0n) is 18.3. The molecule has 0 aliphatic carbocycles. The van der Waals surface area contributed by atoms with E-state index < -0.39 is 23.8 Å². The molecule has 0 bridgehead atoms. The first kappa shape index (κ1) is 23.7. The summed E-state index contributed by atoms with van der Waals surface area (Å²) in [5.41, 5.74) is 1.83. The third-order valence-electron chi connectivity index (χ3n) is 5.28. The Morgan fingerprint density at radius 3 is 1.62 bits per heavy atom. The van der Waals surface area contributed by atoms with Gasteiger partial charge in [-0.1, -0.05) is 91.0 Å². The molecule has 5 heteroatoms. The van der Waals surface area contributed by atoms with Crippen molar-refractivity contribution < 1.29 is 24.5 Å². The summed E-state index contributed by atoms with van der Waals surface area (Å²) in [6, 6.07) is 29.6. The fourth-order valence-electron chi connectivity index (χ4n) is 3.87. The summed E-state index contributed by atoms with van der Waals surface area (Å²) in [7, 11) is 0. The number of hydrogen-bond acceptors (Lipinski definition) is 5. The maximum atomic E-state index is 11.6. The van der Waals surface area contributed by atoms with Gasteiger partial charge in [-0.05, 0) is 23.6 Å². The molecule has 3 aromatic rings. The van der Waals surface area contributed by atoms with E-state index in [4.69, 9.17) is 9.47 Å². The van der Waals surface area contributed by atoms with Gasteiger partial charge in [0.15, 0.2) is 0 Å². The molecule has 32 heavy (non-hydrogen) atoms. The predicted octanol–water partition coefficient (Wildman–Crippen LogP) is 4.06. The first-order chi connectivity index (χ1) is 15.6. The highest BCUT2D eigenvalue weighted by molar-refractivity contribution is 5.69. The number of hydrogen-bond donors (Lipinski definition) is 2. The molecule has 0 unspecified atom stereocenters. The summed E-state index contributed by atoms with van der Waals surface area (Å²) in [6.07, 6.45) is -2.12. The lowest BCUT2D eigenvalue weighted by atomic mass is 9.80. The Kier molecular flexibility index (Phi) is 8.56. The number of ether oxygens (including phenoxy) is 2. The van der Waals surface area contributed by atoms with Gasteiger partial charge in [0, 0.05) is 6.42 Å². The molecule has 0 amide bonds. The average molecular weight is 435 g/mol. The molecule has 0 fully saturated rings. The van der Waals surface area contributed by atoms with E-state index in [0.717, 1.165) is 16.7 Å². The minimum Gasteiger partial charge on any atom is -0.466 e. The summed E-state index contributed by atoms with van der Waals surface area (Å²) < 4.78 is 11.4. The van der Waals surface area contributed by atoms with Gasteiger partial charge < -0.3 is 19.7 Å². The highest BCUT2D eigenvalue weighted by Gasteiger charge is 2.38. The molecule has 0 saturated heterocycles. The number of esters is 1. The van der Waals surface area contributed by atoms with Crippen LogP contribution in [-0.4, -0.2) is 41.6 Å². The number of rotatable bonds is 11. The van der Waals surface area contributed by atoms with Crippen LogP contribution in [0, 0.1) is 0 Å². The highest BCUT2D eigenvalue weighted by Crippen LogP contribution is 2.40. The maximum absolute atomic E-state index is 11.6. The fraction of sp³-hybridized carbons (Fsp3) is 0.296. The molecule has 0 spiro atoms. The quantitative estimate of drug-likeness (QED) is 0.352. The van der Waals surface area contributed by atoms with Gasteiger partial charge in [0.2, 0.25) is 0 Å². The lowest BCUT2D eigenvalue weighted by Gasteiger charge is -2.36. The fourth-order valence-corrected chi connectivity index (χ4v) is 3.87. The lowest BCUT2D eigenvalue weighted by Crippen LogP contribution is -2.36. The predicted molar refractivity (Wildman–Crippen MR) is 123 cm³/mol. The molecule has 3 rings (SSSR count). The van der Waals surface area contributed by atoms with Crippen molar-refractivity contribution in [3.05, 3.63) is 108 Å². The Bertz CT molecular complexity index is 847. The second-order valence-electron chi connectivity index (χ2n) is 7.64. The van der Waals surface area contributed by atoms with Crippen molar-refractivity contribution in [2.75, 3.05) is 13.2 Å². The Morgan fingerprint density at radius 1 is 0.781 bits per heavy atom. The minimum absolute atomic E-state index is 0.00721. The van der Waals surface area contributed by atoms with Crippen LogP contribution in [0.3, 0.4) is 0 Å². The van der Waals surface area contributed by atoms with Gasteiger partial charge in [0.05, 0.1) is 31.8 Å². The standard InChI is InChI=1S/C27H30O5/c1-2-31-26(30)19-24(28)18-25(29)20-32-27(21-12-6-3-7-13-21,22-14-8-4-9-15-22)23-16-10-5-11-17-23/h3-17,24-25,28-29H,2,18-20H2,1H3/t24-,25-/m0/s1. The van der Waals surface area contributed by atoms with Gasteiger partial charge in [-0.3, -0.25) is 4.79 Å². The van der Waals surface area contributed by atoms with Crippen molar-refractivity contribution in [3.63, 3.8) is 0 Å². The van der Waals surface area contributed by atoms with Crippen molar-refractivity contribution in [1.29, 1.82) is 0 Å². The highest BCUT2D eigenvalue weighted by atomic mass is 16.5. The molecule has 2 atom stereocenters. The Hall–Kier alpha value is -2.99. The van der Waals surface area contributed by atoms with Gasteiger partial charge >= 0.3 is 5.97 Å². The summed E-state index contributed by atoms with van der Waals surface area (Å²) in [5.74, 6) is -0.486. The third-order valence-corrected chi connectivity index (χ3v) is 5.28. The van der Waals surface area contributed by atoms with Crippen molar-refractivity contribution in [2.45, 2.75) is 37.6 Å². The van der Waals surface area contributed by atoms with E-state index in [-0.39, 0.29) is 26.1 Å². The van der Waals surface area contributed by atoms with E-state index in [1.165, 1.54) is 0 Å². The normalized spacial score (nSPS) is 13.3. The van der Waals surface area contributed by atoms with Crippen LogP contribution in [0.15, 0.2) is 91.0 Å². The molecule has 0 aromatic heterocycles. The van der Waals surface area contributed by atoms with Crippen molar-refractivity contribution in [1.82, 2.24) is 0 Å². The van der Waals surface area contributed by atoms with Crippen LogP contribution in [0.1, 0.15) is 36.5 Å². The zero-order chi connectivity index (χ0) is 22.8. The van der Waals surface area contributed by atoms with E-state index in [9.17, 15) is 15.0 Å². The topological polar surface area (TPSA) is 76.0 Å². The van der Waals surface area contributed by atoms with Crippen molar-refractivity contribution >= 4 is 5.97 Å². The Balaban J connectivity index is 1.89. The molecular weight excluding hydrogens is 404 g/mol. The molecular formula is C27H30O5. The number of aliphatic hydroxyl groups is 2. The zero-order valence-corrected chi connectivity index (χ0v) is 18.3. The molecule has 2 N–H and O–H groups in total. The first-order valence-electron chi connectivity index (χ1n) is 10.9. The first-order valence-corrected chi connectivity index (χ1v) is 10.9. The smallest absolute Gasteiger partial charge is 0.308 e. The van der Waals surface area contributed by atoms with Crippen LogP contribution < -0.4 is 0 Å². The van der Waals surface area contributed by atoms with Gasteiger partial charge in [-0.2, -0.15) is 0 Å². The van der Waals surface area contributed by atoms with E-state index in [0.29, 0.717) is 0 Å². The molecule has 0 radical (unpaired) electrons. The van der Waals surface area contributed by atoms with Crippen LogP contribution in [0.25, 0.3) is 0 Å². The van der Waals surface area contributed by atoms with Gasteiger partial charge in [-0.15, -0.1) is 0 Å². The summed E-state index contributed by atoms with van der Waals surface area (Å²) in [5, 5.41) is 20.8. The molecule has 5 nitrogen and oxygen atoms in total. The summed E-state index contributed by atoms with van der Waals surface area (Å²) in [6.45, 7) is 1.94. The van der Waals surface area contributed by atoms with E-state index >= 15 is 0 Å². The molecule has 168 valence electrons. The van der Waals surface area contributed by atoms with Gasteiger partial charge in [0.1, 0.15) is 5.60 Å². The van der Waals surface area contributed by atoms with Crippen molar-refractivity contribution in [3.8, 4) is 0 Å². The number of carbonyl (C=O) groups is 1. The Morgan fingerprint density at radius 2 is 1.22 bits per heavy atom. The van der Waals surface area contributed by atoms with Crippen LogP contribution in [-0.2, 0) is 19.9 Å². The lowest BCUT2D eigenvalue weighted by molar-refractivity contribution is -0.145. The second-order valence-corrected chi connectivity index (χ2v) is 7.64. The van der Waals surface area contributed by atoms with Gasteiger partial charge in [-0.25, -0.2) is 0 Å². The maximum Gasteiger partial charge on any atom is 0.308 e. The molecule has 0 saturated carbocycles. The molecule has 0 aliphatic rings. The second kappa shape index (κ2) is 11.6. The molecule has 0 heterocycles. The summed E-state index contributed by atoms with van der Waals surface area (Å²) in [4.78, 5) is 11.6. The largest absolute Gasteiger partial charge is 0.466 e. The van der Waals surface area contributed by atoms with Crippen LogP contribution >= 0.6 is 0 Å². The van der Waals surface area contributed by atoms with E-state index in [1.54, 1.807) is 6.92 Å². The summed E-state index contributed by atoms with van der Waals surface area (Å²) >= 11 is 0. The van der Waals surface area contributed by atoms with Crippen LogP contribution in [0.5, 0.6) is 0 Å². The van der Waals surface area contributed by atoms with Crippen LogP contribution in [0.2, 0.25) is 0 Å². The van der Waals surface area contributed by atoms with E-state index in [1.807, 2.05) is 91.0 Å². The third kappa shape index (κ3) is 5.82. The molecule has 0 aliphatic heterocycles. The monoisotopic (exact) mass is 434 g/mol. The van der Waals surface area contributed by atoms with Crippen molar-refractivity contribution in [2.24, 2.45) is 0 Å².